The minimum absolute atomic E-state index is 0.159. The fourth-order valence-electron chi connectivity index (χ4n) is 1.31. The normalized spacial score (nSPS) is 24.5. The molecule has 1 aliphatic rings. The first-order valence-electron chi connectivity index (χ1n) is 3.66. The van der Waals surface area contributed by atoms with E-state index in [1.165, 1.54) is 0 Å². The average molecular weight is 178 g/mol. The van der Waals surface area contributed by atoms with Crippen molar-refractivity contribution in [2.24, 2.45) is 5.92 Å². The third-order valence-electron chi connectivity index (χ3n) is 2.00. The van der Waals surface area contributed by atoms with Gasteiger partial charge in [-0.1, -0.05) is 11.6 Å². The van der Waals surface area contributed by atoms with Crippen LogP contribution in [0.5, 0.6) is 0 Å². The summed E-state index contributed by atoms with van der Waals surface area (Å²) in [7, 11) is 0. The number of hydrogen-bond donors (Lipinski definition) is 0. The van der Waals surface area contributed by atoms with Gasteiger partial charge < -0.3 is 0 Å². The second kappa shape index (κ2) is 2.92. The molecule has 68 valence electrons. The highest BCUT2D eigenvalue weighted by Gasteiger charge is 2.37. The van der Waals surface area contributed by atoms with E-state index < -0.39 is 18.5 Å². The standard InChI is InChI=1S/C8H9F3O/c1-5-2-3-7(12)6(5)4-8(9,10)11/h2,6H,3-4H2,1H3. The van der Waals surface area contributed by atoms with Crippen molar-refractivity contribution in [1.82, 2.24) is 0 Å². The summed E-state index contributed by atoms with van der Waals surface area (Å²) < 4.78 is 35.6. The molecule has 0 aromatic heterocycles. The third-order valence-corrected chi connectivity index (χ3v) is 2.00. The number of hydrogen-bond acceptors (Lipinski definition) is 1. The highest BCUT2D eigenvalue weighted by molar-refractivity contribution is 5.88. The van der Waals surface area contributed by atoms with Crippen molar-refractivity contribution in [3.05, 3.63) is 11.6 Å². The molecule has 0 radical (unpaired) electrons. The van der Waals surface area contributed by atoms with Crippen LogP contribution in [0.1, 0.15) is 19.8 Å². The van der Waals surface area contributed by atoms with E-state index in [1.54, 1.807) is 13.0 Å². The molecule has 0 spiro atoms. The van der Waals surface area contributed by atoms with E-state index in [4.69, 9.17) is 0 Å². The Morgan fingerprint density at radius 2 is 2.17 bits per heavy atom. The van der Waals surface area contributed by atoms with Crippen LogP contribution in [0, 0.1) is 5.92 Å². The van der Waals surface area contributed by atoms with E-state index in [2.05, 4.69) is 0 Å². The van der Waals surface area contributed by atoms with E-state index in [1.807, 2.05) is 0 Å². The van der Waals surface area contributed by atoms with Crippen molar-refractivity contribution >= 4 is 5.78 Å². The molecular weight excluding hydrogens is 169 g/mol. The Hall–Kier alpha value is -0.800. The molecule has 0 aromatic rings. The molecule has 1 atom stereocenters. The summed E-state index contributed by atoms with van der Waals surface area (Å²) in [5.41, 5.74) is 0.553. The molecule has 0 amide bonds. The first-order chi connectivity index (χ1) is 5.40. The molecule has 1 aliphatic carbocycles. The first-order valence-corrected chi connectivity index (χ1v) is 3.66. The van der Waals surface area contributed by atoms with Crippen LogP contribution in [-0.4, -0.2) is 12.0 Å². The van der Waals surface area contributed by atoms with Gasteiger partial charge in [-0.25, -0.2) is 0 Å². The van der Waals surface area contributed by atoms with E-state index in [-0.39, 0.29) is 12.2 Å². The number of carbonyl (C=O) groups excluding carboxylic acids is 1. The van der Waals surface area contributed by atoms with Gasteiger partial charge in [0.25, 0.3) is 0 Å². The number of alkyl halides is 3. The van der Waals surface area contributed by atoms with Crippen molar-refractivity contribution in [2.75, 3.05) is 0 Å². The third kappa shape index (κ3) is 2.09. The summed E-state index contributed by atoms with van der Waals surface area (Å²) in [6.07, 6.45) is -3.51. The number of allylic oxidation sites excluding steroid dienone is 2. The lowest BCUT2D eigenvalue weighted by molar-refractivity contribution is -0.149. The monoisotopic (exact) mass is 178 g/mol. The lowest BCUT2D eigenvalue weighted by Crippen LogP contribution is -2.19. The number of carbonyl (C=O) groups is 1. The Balaban J connectivity index is 2.63. The zero-order chi connectivity index (χ0) is 9.35. The highest BCUT2D eigenvalue weighted by Crippen LogP contribution is 2.33. The van der Waals surface area contributed by atoms with Gasteiger partial charge in [-0.3, -0.25) is 4.79 Å². The van der Waals surface area contributed by atoms with Gasteiger partial charge in [0.2, 0.25) is 0 Å². The Kier molecular flexibility index (Phi) is 2.26. The zero-order valence-corrected chi connectivity index (χ0v) is 6.61. The summed E-state index contributed by atoms with van der Waals surface area (Å²) >= 11 is 0. The van der Waals surface area contributed by atoms with Gasteiger partial charge in [0.15, 0.2) is 0 Å². The number of halogens is 3. The molecule has 1 rings (SSSR count). The van der Waals surface area contributed by atoms with E-state index in [0.717, 1.165) is 0 Å². The van der Waals surface area contributed by atoms with E-state index in [0.29, 0.717) is 5.57 Å². The van der Waals surface area contributed by atoms with Gasteiger partial charge in [0.05, 0.1) is 6.42 Å². The minimum atomic E-state index is -4.24. The van der Waals surface area contributed by atoms with Crippen LogP contribution in [0.15, 0.2) is 11.6 Å². The smallest absolute Gasteiger partial charge is 0.299 e. The van der Waals surface area contributed by atoms with Gasteiger partial charge in [0, 0.05) is 12.3 Å². The van der Waals surface area contributed by atoms with Crippen LogP contribution in [0.25, 0.3) is 0 Å². The molecule has 0 N–H and O–H groups in total. The van der Waals surface area contributed by atoms with Gasteiger partial charge >= 0.3 is 6.18 Å². The summed E-state index contributed by atoms with van der Waals surface area (Å²) in [5, 5.41) is 0. The van der Waals surface area contributed by atoms with Crippen LogP contribution in [0.2, 0.25) is 0 Å². The summed E-state index contributed by atoms with van der Waals surface area (Å²) in [6.45, 7) is 1.57. The molecule has 0 bridgehead atoms. The summed E-state index contributed by atoms with van der Waals surface area (Å²) in [5.74, 6) is -1.23. The van der Waals surface area contributed by atoms with E-state index >= 15 is 0 Å². The molecule has 0 aromatic carbocycles. The van der Waals surface area contributed by atoms with Crippen molar-refractivity contribution in [2.45, 2.75) is 25.9 Å². The Morgan fingerprint density at radius 1 is 1.58 bits per heavy atom. The topological polar surface area (TPSA) is 17.1 Å². The molecule has 0 saturated carbocycles. The SMILES string of the molecule is CC1=CCC(=O)C1CC(F)(F)F. The molecular formula is C8H9F3O. The number of ketones is 1. The Morgan fingerprint density at radius 3 is 2.50 bits per heavy atom. The van der Waals surface area contributed by atoms with E-state index in [9.17, 15) is 18.0 Å². The molecule has 1 nitrogen and oxygen atoms in total. The van der Waals surface area contributed by atoms with Gasteiger partial charge in [0.1, 0.15) is 5.78 Å². The maximum atomic E-state index is 11.9. The van der Waals surface area contributed by atoms with Crippen molar-refractivity contribution in [3.63, 3.8) is 0 Å². The molecule has 0 fully saturated rings. The molecule has 12 heavy (non-hydrogen) atoms. The fourth-order valence-corrected chi connectivity index (χ4v) is 1.31. The second-order valence-corrected chi connectivity index (χ2v) is 2.99. The molecule has 0 aliphatic heterocycles. The fraction of sp³-hybridized carbons (Fsp3) is 0.625. The molecule has 0 saturated heterocycles. The van der Waals surface area contributed by atoms with Crippen LogP contribution >= 0.6 is 0 Å². The first kappa shape index (κ1) is 9.29. The Labute approximate surface area is 68.3 Å². The van der Waals surface area contributed by atoms with Gasteiger partial charge in [-0.05, 0) is 6.92 Å². The second-order valence-electron chi connectivity index (χ2n) is 2.99. The average Bonchev–Trinajstić information content (AvgIpc) is 2.16. The number of Topliss-reactive ketones (excluding diaryl/α,β-unsaturated/α-hetero) is 1. The number of rotatable bonds is 1. The maximum absolute atomic E-state index is 11.9. The summed E-state index contributed by atoms with van der Waals surface area (Å²) in [6, 6.07) is 0. The minimum Gasteiger partial charge on any atom is -0.299 e. The maximum Gasteiger partial charge on any atom is 0.390 e. The van der Waals surface area contributed by atoms with Crippen LogP contribution in [-0.2, 0) is 4.79 Å². The predicted molar refractivity (Wildman–Crippen MR) is 37.5 cm³/mol. The zero-order valence-electron chi connectivity index (χ0n) is 6.61. The highest BCUT2D eigenvalue weighted by atomic mass is 19.4. The summed E-state index contributed by atoms with van der Waals surface area (Å²) in [4.78, 5) is 10.9. The lowest BCUT2D eigenvalue weighted by atomic mass is 9.98. The predicted octanol–water partition coefficient (Wildman–Crippen LogP) is 2.47. The van der Waals surface area contributed by atoms with Crippen LogP contribution in [0.4, 0.5) is 13.2 Å². The van der Waals surface area contributed by atoms with Crippen LogP contribution in [0.3, 0.4) is 0 Å². The lowest BCUT2D eigenvalue weighted by Gasteiger charge is -2.12. The van der Waals surface area contributed by atoms with Gasteiger partial charge in [-0.15, -0.1) is 0 Å². The molecule has 0 heterocycles. The molecule has 4 heteroatoms. The van der Waals surface area contributed by atoms with Crippen molar-refractivity contribution < 1.29 is 18.0 Å². The Bertz CT molecular complexity index is 227. The van der Waals surface area contributed by atoms with Crippen molar-refractivity contribution in [3.8, 4) is 0 Å². The van der Waals surface area contributed by atoms with Gasteiger partial charge in [-0.2, -0.15) is 13.2 Å². The largest absolute Gasteiger partial charge is 0.390 e. The molecule has 1 unspecified atom stereocenters. The van der Waals surface area contributed by atoms with Crippen LogP contribution < -0.4 is 0 Å². The van der Waals surface area contributed by atoms with Crippen molar-refractivity contribution in [1.29, 1.82) is 0 Å². The quantitative estimate of drug-likeness (QED) is 0.564.